The lowest BCUT2D eigenvalue weighted by atomic mass is 10.2. The van der Waals surface area contributed by atoms with E-state index in [1.165, 1.54) is 0 Å². The third-order valence-electron chi connectivity index (χ3n) is 2.22. The summed E-state index contributed by atoms with van der Waals surface area (Å²) in [4.78, 5) is 0. The molecule has 0 radical (unpaired) electrons. The molecule has 0 aliphatic heterocycles. The maximum Gasteiger partial charge on any atom is 0.182 e. The minimum absolute atomic E-state index is 0.522. The van der Waals surface area contributed by atoms with Crippen molar-refractivity contribution < 1.29 is 0 Å². The Labute approximate surface area is 93.3 Å². The molecule has 0 aliphatic rings. The summed E-state index contributed by atoms with van der Waals surface area (Å²) in [6.07, 6.45) is 1.29. The number of aryl methyl sites for hydroxylation is 1. The fourth-order valence-corrected chi connectivity index (χ4v) is 1.46. The Morgan fingerprint density at radius 3 is 2.81 bits per heavy atom. The number of benzene rings is 1. The molecule has 0 atom stereocenters. The van der Waals surface area contributed by atoms with E-state index in [1.54, 1.807) is 4.68 Å². The second kappa shape index (κ2) is 5.03. The molecule has 5 heteroatoms. The number of aromatic nitrogens is 4. The van der Waals surface area contributed by atoms with Crippen LogP contribution in [0.3, 0.4) is 0 Å². The third-order valence-corrected chi connectivity index (χ3v) is 2.22. The third kappa shape index (κ3) is 2.23. The standard InChI is InChI=1S/C11H11N5/c12-8-4-5-9-16-11(13-14-15-16)10-6-2-1-3-7-10/h1-3,6-7H,4-5,9H2. The van der Waals surface area contributed by atoms with Gasteiger partial charge in [-0.1, -0.05) is 30.3 Å². The van der Waals surface area contributed by atoms with Gasteiger partial charge in [-0.25, -0.2) is 4.68 Å². The summed E-state index contributed by atoms with van der Waals surface area (Å²) in [5.74, 6) is 0.749. The van der Waals surface area contributed by atoms with E-state index >= 15 is 0 Å². The van der Waals surface area contributed by atoms with Crippen LogP contribution in [0.15, 0.2) is 30.3 Å². The number of nitriles is 1. The second-order valence-corrected chi connectivity index (χ2v) is 3.35. The number of nitrogens with zero attached hydrogens (tertiary/aromatic N) is 5. The zero-order valence-corrected chi connectivity index (χ0v) is 8.74. The van der Waals surface area contributed by atoms with Crippen LogP contribution in [0.5, 0.6) is 0 Å². The Balaban J connectivity index is 2.17. The van der Waals surface area contributed by atoms with E-state index in [0.29, 0.717) is 13.0 Å². The maximum atomic E-state index is 8.47. The molecule has 1 aromatic heterocycles. The van der Waals surface area contributed by atoms with Gasteiger partial charge in [0.25, 0.3) is 0 Å². The zero-order chi connectivity index (χ0) is 11.2. The van der Waals surface area contributed by atoms with Crippen LogP contribution in [-0.2, 0) is 6.54 Å². The van der Waals surface area contributed by atoms with E-state index in [-0.39, 0.29) is 0 Å². The summed E-state index contributed by atoms with van der Waals surface area (Å²) in [6.45, 7) is 0.671. The molecule has 1 heterocycles. The van der Waals surface area contributed by atoms with Crippen LogP contribution in [0.2, 0.25) is 0 Å². The summed E-state index contributed by atoms with van der Waals surface area (Å²) >= 11 is 0. The molecule has 2 aromatic rings. The van der Waals surface area contributed by atoms with Gasteiger partial charge in [0.15, 0.2) is 5.82 Å². The highest BCUT2D eigenvalue weighted by molar-refractivity contribution is 5.53. The van der Waals surface area contributed by atoms with Crippen LogP contribution >= 0.6 is 0 Å². The normalized spacial score (nSPS) is 9.94. The van der Waals surface area contributed by atoms with Crippen molar-refractivity contribution in [3.8, 4) is 17.5 Å². The van der Waals surface area contributed by atoms with Crippen LogP contribution in [0.1, 0.15) is 12.8 Å². The summed E-state index contributed by atoms with van der Waals surface area (Å²) in [7, 11) is 0. The maximum absolute atomic E-state index is 8.47. The number of hydrogen-bond donors (Lipinski definition) is 0. The molecular formula is C11H11N5. The van der Waals surface area contributed by atoms with Gasteiger partial charge in [0, 0.05) is 18.5 Å². The number of unbranched alkanes of at least 4 members (excludes halogenated alkanes) is 1. The fraction of sp³-hybridized carbons (Fsp3) is 0.273. The van der Waals surface area contributed by atoms with Gasteiger partial charge >= 0.3 is 0 Å². The summed E-state index contributed by atoms with van der Waals surface area (Å²) < 4.78 is 1.73. The van der Waals surface area contributed by atoms with E-state index in [4.69, 9.17) is 5.26 Å². The zero-order valence-electron chi connectivity index (χ0n) is 8.74. The molecule has 1 aromatic carbocycles. The van der Waals surface area contributed by atoms with Crippen molar-refractivity contribution in [2.24, 2.45) is 0 Å². The van der Waals surface area contributed by atoms with E-state index in [9.17, 15) is 0 Å². The average molecular weight is 213 g/mol. The average Bonchev–Trinajstić information content (AvgIpc) is 2.79. The molecule has 0 amide bonds. The Morgan fingerprint density at radius 1 is 1.25 bits per heavy atom. The first-order valence-corrected chi connectivity index (χ1v) is 5.10. The first kappa shape index (κ1) is 10.3. The molecule has 16 heavy (non-hydrogen) atoms. The largest absolute Gasteiger partial charge is 0.225 e. The quantitative estimate of drug-likeness (QED) is 0.724. The van der Waals surface area contributed by atoms with Crippen LogP contribution in [0, 0.1) is 11.3 Å². The first-order valence-electron chi connectivity index (χ1n) is 5.10. The van der Waals surface area contributed by atoms with Gasteiger partial charge in [0.05, 0.1) is 6.07 Å². The first-order chi connectivity index (χ1) is 7.92. The number of tetrazole rings is 1. The van der Waals surface area contributed by atoms with Gasteiger partial charge in [-0.05, 0) is 16.8 Å². The van der Waals surface area contributed by atoms with Crippen molar-refractivity contribution in [1.82, 2.24) is 20.2 Å². The van der Waals surface area contributed by atoms with Gasteiger partial charge in [0.2, 0.25) is 0 Å². The molecule has 0 saturated heterocycles. The molecule has 0 aliphatic carbocycles. The molecule has 0 spiro atoms. The van der Waals surface area contributed by atoms with E-state index < -0.39 is 0 Å². The summed E-state index contributed by atoms with van der Waals surface area (Å²) in [6, 6.07) is 11.9. The Kier molecular flexibility index (Phi) is 3.24. The highest BCUT2D eigenvalue weighted by Crippen LogP contribution is 2.14. The van der Waals surface area contributed by atoms with Crippen molar-refractivity contribution in [2.45, 2.75) is 19.4 Å². The van der Waals surface area contributed by atoms with Gasteiger partial charge < -0.3 is 0 Å². The molecule has 0 N–H and O–H groups in total. The molecule has 0 saturated carbocycles. The second-order valence-electron chi connectivity index (χ2n) is 3.35. The highest BCUT2D eigenvalue weighted by atomic mass is 15.5. The molecule has 0 fully saturated rings. The van der Waals surface area contributed by atoms with E-state index in [2.05, 4.69) is 21.6 Å². The molecule has 2 rings (SSSR count). The number of hydrogen-bond acceptors (Lipinski definition) is 4. The molecule has 0 bridgehead atoms. The Hall–Kier alpha value is -2.22. The van der Waals surface area contributed by atoms with Crippen molar-refractivity contribution in [3.63, 3.8) is 0 Å². The lowest BCUT2D eigenvalue weighted by Gasteiger charge is -2.02. The summed E-state index contributed by atoms with van der Waals surface area (Å²) in [5, 5.41) is 20.0. The molecule has 0 unspecified atom stereocenters. The predicted molar refractivity (Wildman–Crippen MR) is 58.1 cm³/mol. The van der Waals surface area contributed by atoms with Crippen LogP contribution in [0.4, 0.5) is 0 Å². The van der Waals surface area contributed by atoms with Crippen molar-refractivity contribution in [2.75, 3.05) is 0 Å². The van der Waals surface area contributed by atoms with Gasteiger partial charge in [0.1, 0.15) is 0 Å². The SMILES string of the molecule is N#CCCCn1nnnc1-c1ccccc1. The minimum Gasteiger partial charge on any atom is -0.225 e. The lowest BCUT2D eigenvalue weighted by Crippen LogP contribution is -2.02. The van der Waals surface area contributed by atoms with Crippen molar-refractivity contribution >= 4 is 0 Å². The van der Waals surface area contributed by atoms with Crippen LogP contribution in [0.25, 0.3) is 11.4 Å². The Bertz CT molecular complexity index is 483. The van der Waals surface area contributed by atoms with Crippen LogP contribution < -0.4 is 0 Å². The Morgan fingerprint density at radius 2 is 2.06 bits per heavy atom. The molecule has 5 nitrogen and oxygen atoms in total. The van der Waals surface area contributed by atoms with Crippen molar-refractivity contribution in [1.29, 1.82) is 5.26 Å². The predicted octanol–water partition coefficient (Wildman–Crippen LogP) is 1.64. The van der Waals surface area contributed by atoms with Crippen LogP contribution in [-0.4, -0.2) is 20.2 Å². The summed E-state index contributed by atoms with van der Waals surface area (Å²) in [5.41, 5.74) is 0.990. The smallest absolute Gasteiger partial charge is 0.182 e. The van der Waals surface area contributed by atoms with Gasteiger partial charge in [-0.3, -0.25) is 0 Å². The molecule has 80 valence electrons. The fourth-order valence-electron chi connectivity index (χ4n) is 1.46. The van der Waals surface area contributed by atoms with Crippen molar-refractivity contribution in [3.05, 3.63) is 30.3 Å². The van der Waals surface area contributed by atoms with E-state index in [0.717, 1.165) is 17.8 Å². The van der Waals surface area contributed by atoms with E-state index in [1.807, 2.05) is 30.3 Å². The van der Waals surface area contributed by atoms with Gasteiger partial charge in [-0.15, -0.1) is 5.10 Å². The van der Waals surface area contributed by atoms with Gasteiger partial charge in [-0.2, -0.15) is 5.26 Å². The topological polar surface area (TPSA) is 67.4 Å². The molecular weight excluding hydrogens is 202 g/mol. The highest BCUT2D eigenvalue weighted by Gasteiger charge is 2.07. The minimum atomic E-state index is 0.522. The lowest BCUT2D eigenvalue weighted by molar-refractivity contribution is 0.569. The monoisotopic (exact) mass is 213 g/mol. The number of rotatable bonds is 4.